The number of nitrogens with zero attached hydrogens (tertiary/aromatic N) is 3. The number of pyridine rings is 1. The first kappa shape index (κ1) is 36.9. The average molecular weight is 758 g/mol. The lowest BCUT2D eigenvalue weighted by Gasteiger charge is -2.05. The minimum absolute atomic E-state index is 0.0304. The summed E-state index contributed by atoms with van der Waals surface area (Å²) in [5, 5.41) is 5.19. The van der Waals surface area contributed by atoms with Crippen LogP contribution in [-0.2, 0) is 0 Å². The van der Waals surface area contributed by atoms with Gasteiger partial charge in [0.05, 0.1) is 19.8 Å². The van der Waals surface area contributed by atoms with E-state index in [1.54, 1.807) is 60.7 Å². The van der Waals surface area contributed by atoms with E-state index in [-0.39, 0.29) is 35.1 Å². The fraction of sp³-hybridized carbons (Fsp3) is 0.0714. The van der Waals surface area contributed by atoms with Crippen LogP contribution in [-0.4, -0.2) is 41.0 Å². The third-order valence-electron chi connectivity index (χ3n) is 8.48. The van der Waals surface area contributed by atoms with Gasteiger partial charge in [0.1, 0.15) is 29.0 Å². The smallest absolute Gasteiger partial charge is 0.302 e. The molecule has 0 saturated heterocycles. The zero-order chi connectivity index (χ0) is 39.3. The molecule has 0 unspecified atom stereocenters. The third-order valence-corrected chi connectivity index (χ3v) is 8.48. The Morgan fingerprint density at radius 2 is 0.964 bits per heavy atom. The SMILES string of the molecule is COc1ccc(-c2ccc(F)cc2)c2oc(NC(=O)c3ccc(C)nc3)nc12.COc1ccc(-c2ccc(F)cc2)c2oc(NC(=O)c3ccc(F)cc3)nc12. The summed E-state index contributed by atoms with van der Waals surface area (Å²) < 4.78 is 61.8. The molecule has 8 aromatic rings. The Morgan fingerprint density at radius 3 is 1.38 bits per heavy atom. The number of benzene rings is 5. The number of fused-ring (bicyclic) bond motifs is 2. The number of amides is 2. The highest BCUT2D eigenvalue weighted by molar-refractivity contribution is 6.05. The van der Waals surface area contributed by atoms with Gasteiger partial charge in [-0.1, -0.05) is 24.3 Å². The minimum Gasteiger partial charge on any atom is -0.494 e. The Balaban J connectivity index is 0.000000172. The maximum Gasteiger partial charge on any atom is 0.302 e. The number of halogens is 3. The van der Waals surface area contributed by atoms with E-state index < -0.39 is 11.7 Å². The first-order chi connectivity index (χ1) is 27.1. The fourth-order valence-electron chi connectivity index (χ4n) is 5.66. The molecule has 2 amide bonds. The molecular weight excluding hydrogens is 727 g/mol. The molecule has 0 radical (unpaired) electrons. The Bertz CT molecular complexity index is 2490. The lowest BCUT2D eigenvalue weighted by molar-refractivity contribution is 0.101. The van der Waals surface area contributed by atoms with Crippen molar-refractivity contribution in [1.82, 2.24) is 15.0 Å². The van der Waals surface area contributed by atoms with Crippen LogP contribution in [0.5, 0.6) is 11.5 Å². The zero-order valence-corrected chi connectivity index (χ0v) is 29.9. The first-order valence-electron chi connectivity index (χ1n) is 16.9. The molecule has 2 N–H and O–H groups in total. The molecule has 8 rings (SSSR count). The normalized spacial score (nSPS) is 10.8. The second-order valence-electron chi connectivity index (χ2n) is 12.1. The molecule has 3 heterocycles. The van der Waals surface area contributed by atoms with E-state index in [0.29, 0.717) is 50.4 Å². The summed E-state index contributed by atoms with van der Waals surface area (Å²) in [7, 11) is 3.02. The van der Waals surface area contributed by atoms with Crippen molar-refractivity contribution in [1.29, 1.82) is 0 Å². The van der Waals surface area contributed by atoms with Gasteiger partial charge < -0.3 is 18.3 Å². The van der Waals surface area contributed by atoms with Crippen LogP contribution in [0.4, 0.5) is 25.2 Å². The van der Waals surface area contributed by atoms with Crippen molar-refractivity contribution in [3.8, 4) is 33.8 Å². The number of hydrogen-bond donors (Lipinski definition) is 2. The van der Waals surface area contributed by atoms with Crippen LogP contribution >= 0.6 is 0 Å². The topological polar surface area (TPSA) is 142 Å². The highest BCUT2D eigenvalue weighted by Gasteiger charge is 2.20. The summed E-state index contributed by atoms with van der Waals surface area (Å²) >= 11 is 0. The van der Waals surface area contributed by atoms with Gasteiger partial charge in [0.25, 0.3) is 11.8 Å². The molecule has 56 heavy (non-hydrogen) atoms. The highest BCUT2D eigenvalue weighted by atomic mass is 19.1. The zero-order valence-electron chi connectivity index (χ0n) is 29.9. The number of aromatic nitrogens is 3. The van der Waals surface area contributed by atoms with Crippen LogP contribution in [0.1, 0.15) is 26.4 Å². The fourth-order valence-corrected chi connectivity index (χ4v) is 5.66. The maximum atomic E-state index is 13.3. The molecule has 5 aromatic carbocycles. The molecule has 3 aromatic heterocycles. The monoisotopic (exact) mass is 757 g/mol. The Labute approximate surface area is 316 Å². The van der Waals surface area contributed by atoms with Crippen molar-refractivity contribution >= 4 is 46.0 Å². The van der Waals surface area contributed by atoms with Crippen molar-refractivity contribution in [2.75, 3.05) is 24.9 Å². The number of carbonyl (C=O) groups is 2. The summed E-state index contributed by atoms with van der Waals surface area (Å²) in [5.41, 5.74) is 6.02. The summed E-state index contributed by atoms with van der Waals surface area (Å²) in [6, 6.07) is 27.5. The lowest BCUT2D eigenvalue weighted by atomic mass is 10.0. The van der Waals surface area contributed by atoms with Gasteiger partial charge in [-0.15, -0.1) is 0 Å². The number of anilines is 2. The van der Waals surface area contributed by atoms with Crippen LogP contribution in [0.15, 0.2) is 124 Å². The second kappa shape index (κ2) is 15.9. The van der Waals surface area contributed by atoms with E-state index in [9.17, 15) is 22.8 Å². The number of nitrogens with one attached hydrogen (secondary N) is 2. The minimum atomic E-state index is -0.492. The number of methoxy groups -OCH3 is 2. The summed E-state index contributed by atoms with van der Waals surface area (Å²) in [6.45, 7) is 1.84. The van der Waals surface area contributed by atoms with E-state index in [1.807, 2.05) is 6.92 Å². The molecule has 280 valence electrons. The molecule has 0 aliphatic carbocycles. The van der Waals surface area contributed by atoms with Gasteiger partial charge >= 0.3 is 12.0 Å². The largest absolute Gasteiger partial charge is 0.494 e. The van der Waals surface area contributed by atoms with Crippen LogP contribution in [0, 0.1) is 24.4 Å². The molecule has 0 spiro atoms. The van der Waals surface area contributed by atoms with E-state index in [0.717, 1.165) is 16.8 Å². The van der Waals surface area contributed by atoms with Crippen LogP contribution in [0.25, 0.3) is 44.5 Å². The number of hydrogen-bond acceptors (Lipinski definition) is 9. The molecule has 0 bridgehead atoms. The number of ether oxygens (including phenoxy) is 2. The third kappa shape index (κ3) is 7.89. The Hall–Kier alpha value is -7.48. The van der Waals surface area contributed by atoms with Gasteiger partial charge in [0, 0.05) is 28.6 Å². The summed E-state index contributed by atoms with van der Waals surface area (Å²) in [4.78, 5) is 37.5. The van der Waals surface area contributed by atoms with Gasteiger partial charge in [0.2, 0.25) is 0 Å². The van der Waals surface area contributed by atoms with Crippen molar-refractivity contribution in [2.24, 2.45) is 0 Å². The molecule has 14 heteroatoms. The predicted molar refractivity (Wildman–Crippen MR) is 203 cm³/mol. The van der Waals surface area contributed by atoms with E-state index in [4.69, 9.17) is 18.3 Å². The Morgan fingerprint density at radius 1 is 0.554 bits per heavy atom. The summed E-state index contributed by atoms with van der Waals surface area (Å²) in [5.74, 6) is -1.03. The first-order valence-corrected chi connectivity index (χ1v) is 16.9. The number of carbonyl (C=O) groups excluding carboxylic acids is 2. The quantitative estimate of drug-likeness (QED) is 0.155. The van der Waals surface area contributed by atoms with Gasteiger partial charge in [-0.05, 0) is 103 Å². The molecule has 0 fully saturated rings. The van der Waals surface area contributed by atoms with E-state index in [1.165, 1.54) is 68.9 Å². The van der Waals surface area contributed by atoms with Crippen LogP contribution in [0.3, 0.4) is 0 Å². The van der Waals surface area contributed by atoms with Crippen molar-refractivity contribution in [3.63, 3.8) is 0 Å². The van der Waals surface area contributed by atoms with Crippen LogP contribution < -0.4 is 20.1 Å². The molecule has 0 atom stereocenters. The average Bonchev–Trinajstić information content (AvgIpc) is 3.83. The van der Waals surface area contributed by atoms with E-state index in [2.05, 4.69) is 25.6 Å². The lowest BCUT2D eigenvalue weighted by Crippen LogP contribution is -2.12. The van der Waals surface area contributed by atoms with Crippen molar-refractivity contribution < 1.29 is 41.1 Å². The van der Waals surface area contributed by atoms with Gasteiger partial charge in [-0.2, -0.15) is 9.97 Å². The number of aryl methyl sites for hydroxylation is 1. The summed E-state index contributed by atoms with van der Waals surface area (Å²) in [6.07, 6.45) is 1.48. The predicted octanol–water partition coefficient (Wildman–Crippen LogP) is 9.63. The van der Waals surface area contributed by atoms with Gasteiger partial charge in [-0.25, -0.2) is 13.2 Å². The molecule has 11 nitrogen and oxygen atoms in total. The molecular formula is C42H30F3N5O6. The van der Waals surface area contributed by atoms with Crippen molar-refractivity contribution in [2.45, 2.75) is 6.92 Å². The van der Waals surface area contributed by atoms with E-state index >= 15 is 0 Å². The number of rotatable bonds is 8. The second-order valence-corrected chi connectivity index (χ2v) is 12.1. The van der Waals surface area contributed by atoms with Gasteiger partial charge in [-0.3, -0.25) is 25.2 Å². The van der Waals surface area contributed by atoms with Crippen LogP contribution in [0.2, 0.25) is 0 Å². The standard InChI is InChI=1S/C21H14F2N2O3.C21H16FN3O3/c1-27-17-11-10-16(12-2-6-14(22)7-3-12)19-18(17)24-21(28-19)25-20(26)13-4-8-15(23)9-5-13;1-12-3-4-14(11-23-12)20(26)25-21-24-18-17(27-2)10-9-16(19(18)28-21)13-5-7-15(22)8-6-13/h2-11H,1H3,(H,24,25,26);3-11H,1-2H3,(H,24,25,26). The number of oxazole rings is 2. The maximum absolute atomic E-state index is 13.3. The molecule has 0 aliphatic heterocycles. The Kier molecular flexibility index (Phi) is 10.4. The van der Waals surface area contributed by atoms with Gasteiger partial charge in [0.15, 0.2) is 22.2 Å². The molecule has 0 aliphatic rings. The highest BCUT2D eigenvalue weighted by Crippen LogP contribution is 2.37. The molecule has 0 saturated carbocycles. The van der Waals surface area contributed by atoms with Crippen molar-refractivity contribution in [3.05, 3.63) is 150 Å².